The van der Waals surface area contributed by atoms with Gasteiger partial charge in [-0.2, -0.15) is 0 Å². The predicted octanol–water partition coefficient (Wildman–Crippen LogP) is 5.01. The Morgan fingerprint density at radius 1 is 1.11 bits per heavy atom. The van der Waals surface area contributed by atoms with E-state index in [-0.39, 0.29) is 11.9 Å². The number of carbonyl (C=O) groups is 1. The van der Waals surface area contributed by atoms with E-state index < -0.39 is 0 Å². The lowest BCUT2D eigenvalue weighted by Gasteiger charge is -2.34. The van der Waals surface area contributed by atoms with Crippen molar-refractivity contribution in [2.75, 3.05) is 20.8 Å². The van der Waals surface area contributed by atoms with Gasteiger partial charge in [-0.05, 0) is 58.6 Å². The van der Waals surface area contributed by atoms with Crippen LogP contribution in [0.5, 0.6) is 11.5 Å². The maximum atomic E-state index is 13.1. The normalized spacial score (nSPS) is 16.2. The standard InChI is InChI=1S/C22H21NO3S2/c1-25-16-12-15(13-17(14-16)26-2)5-6-21(24)23-9-7-19-18(8-11-28-19)22(23)20-4-3-10-27-20/h3-6,8,10-14,22H,7,9H2,1-2H3/b6-5+/t22-/m1/s1. The second-order valence-corrected chi connectivity index (χ2v) is 8.46. The van der Waals surface area contributed by atoms with Gasteiger partial charge in [0.15, 0.2) is 0 Å². The van der Waals surface area contributed by atoms with Gasteiger partial charge in [-0.1, -0.05) is 6.07 Å². The Balaban J connectivity index is 1.61. The molecule has 0 aliphatic carbocycles. The van der Waals surface area contributed by atoms with Crippen LogP contribution < -0.4 is 9.47 Å². The minimum Gasteiger partial charge on any atom is -0.497 e. The number of thiophene rings is 2. The Bertz CT molecular complexity index is 969. The van der Waals surface area contributed by atoms with Gasteiger partial charge in [0.2, 0.25) is 5.91 Å². The van der Waals surface area contributed by atoms with Crippen molar-refractivity contribution >= 4 is 34.7 Å². The maximum absolute atomic E-state index is 13.1. The Labute approximate surface area is 172 Å². The summed E-state index contributed by atoms with van der Waals surface area (Å²) >= 11 is 3.47. The minimum atomic E-state index is -0.00741. The summed E-state index contributed by atoms with van der Waals surface area (Å²) in [6.07, 6.45) is 4.37. The van der Waals surface area contributed by atoms with Crippen LogP contribution in [0.15, 0.2) is 53.2 Å². The lowest BCUT2D eigenvalue weighted by atomic mass is 9.98. The molecular formula is C22H21NO3S2. The molecule has 1 atom stereocenters. The van der Waals surface area contributed by atoms with E-state index in [9.17, 15) is 4.79 Å². The first-order valence-corrected chi connectivity index (χ1v) is 10.8. The van der Waals surface area contributed by atoms with Crippen LogP contribution in [0.1, 0.15) is 26.9 Å². The smallest absolute Gasteiger partial charge is 0.247 e. The largest absolute Gasteiger partial charge is 0.497 e. The highest BCUT2D eigenvalue weighted by molar-refractivity contribution is 7.10. The van der Waals surface area contributed by atoms with Crippen LogP contribution in [-0.2, 0) is 11.2 Å². The number of fused-ring (bicyclic) bond motifs is 1. The number of amides is 1. The van der Waals surface area contributed by atoms with Crippen molar-refractivity contribution in [2.45, 2.75) is 12.5 Å². The predicted molar refractivity (Wildman–Crippen MR) is 114 cm³/mol. The average Bonchev–Trinajstić information content (AvgIpc) is 3.42. The molecule has 0 N–H and O–H groups in total. The van der Waals surface area contributed by atoms with Crippen molar-refractivity contribution in [2.24, 2.45) is 0 Å². The molecule has 1 aliphatic rings. The number of benzene rings is 1. The van der Waals surface area contributed by atoms with E-state index in [1.54, 1.807) is 43.0 Å². The summed E-state index contributed by atoms with van der Waals surface area (Å²) < 4.78 is 10.6. The molecule has 1 amide bonds. The van der Waals surface area contributed by atoms with Gasteiger partial charge >= 0.3 is 0 Å². The zero-order chi connectivity index (χ0) is 19.5. The molecular weight excluding hydrogens is 390 g/mol. The molecule has 2 aromatic heterocycles. The first kappa shape index (κ1) is 18.8. The summed E-state index contributed by atoms with van der Waals surface area (Å²) in [4.78, 5) is 17.6. The first-order chi connectivity index (χ1) is 13.7. The van der Waals surface area contributed by atoms with E-state index in [1.807, 2.05) is 35.2 Å². The van der Waals surface area contributed by atoms with E-state index in [2.05, 4.69) is 22.9 Å². The Morgan fingerprint density at radius 3 is 2.57 bits per heavy atom. The maximum Gasteiger partial charge on any atom is 0.247 e. The highest BCUT2D eigenvalue weighted by Crippen LogP contribution is 2.39. The number of hydrogen-bond acceptors (Lipinski definition) is 5. The van der Waals surface area contributed by atoms with Crippen LogP contribution in [0.25, 0.3) is 6.08 Å². The minimum absolute atomic E-state index is 0.00741. The van der Waals surface area contributed by atoms with Gasteiger partial charge in [-0.25, -0.2) is 0 Å². The highest BCUT2D eigenvalue weighted by atomic mass is 32.1. The van der Waals surface area contributed by atoms with Gasteiger partial charge in [0.25, 0.3) is 0 Å². The van der Waals surface area contributed by atoms with Crippen LogP contribution in [-0.4, -0.2) is 31.6 Å². The molecule has 1 aliphatic heterocycles. The van der Waals surface area contributed by atoms with Crippen molar-refractivity contribution in [1.29, 1.82) is 0 Å². The fraction of sp³-hybridized carbons (Fsp3) is 0.227. The summed E-state index contributed by atoms with van der Waals surface area (Å²) in [7, 11) is 3.23. The van der Waals surface area contributed by atoms with Gasteiger partial charge in [-0.3, -0.25) is 4.79 Å². The number of ether oxygens (including phenoxy) is 2. The lowest BCUT2D eigenvalue weighted by Crippen LogP contribution is -2.38. The second kappa shape index (κ2) is 8.20. The summed E-state index contributed by atoms with van der Waals surface area (Å²) in [5, 5.41) is 4.19. The van der Waals surface area contributed by atoms with Gasteiger partial charge in [-0.15, -0.1) is 22.7 Å². The molecule has 6 heteroatoms. The highest BCUT2D eigenvalue weighted by Gasteiger charge is 2.32. The molecule has 28 heavy (non-hydrogen) atoms. The number of methoxy groups -OCH3 is 2. The fourth-order valence-electron chi connectivity index (χ4n) is 3.50. The molecule has 0 saturated heterocycles. The third kappa shape index (κ3) is 3.70. The topological polar surface area (TPSA) is 38.8 Å². The van der Waals surface area contributed by atoms with E-state index >= 15 is 0 Å². The summed E-state index contributed by atoms with van der Waals surface area (Å²) in [6.45, 7) is 0.723. The van der Waals surface area contributed by atoms with Crippen molar-refractivity contribution < 1.29 is 14.3 Å². The summed E-state index contributed by atoms with van der Waals surface area (Å²) in [6, 6.07) is 11.9. The van der Waals surface area contributed by atoms with E-state index in [0.717, 1.165) is 18.5 Å². The fourth-order valence-corrected chi connectivity index (χ4v) is 5.25. The number of nitrogens with zero attached hydrogens (tertiary/aromatic N) is 1. The first-order valence-electron chi connectivity index (χ1n) is 9.01. The molecule has 0 radical (unpaired) electrons. The van der Waals surface area contributed by atoms with Gasteiger partial charge in [0.05, 0.1) is 20.3 Å². The van der Waals surface area contributed by atoms with Crippen molar-refractivity contribution in [3.63, 3.8) is 0 Å². The molecule has 0 spiro atoms. The van der Waals surface area contributed by atoms with Crippen molar-refractivity contribution in [3.05, 3.63) is 74.1 Å². The number of carbonyl (C=O) groups excluding carboxylic acids is 1. The van der Waals surface area contributed by atoms with Gasteiger partial charge in [0.1, 0.15) is 11.5 Å². The molecule has 0 fully saturated rings. The Kier molecular flexibility index (Phi) is 5.50. The van der Waals surface area contributed by atoms with Crippen LogP contribution in [0.3, 0.4) is 0 Å². The summed E-state index contributed by atoms with van der Waals surface area (Å²) in [5.41, 5.74) is 2.12. The zero-order valence-electron chi connectivity index (χ0n) is 15.8. The molecule has 1 aromatic carbocycles. The third-order valence-electron chi connectivity index (χ3n) is 4.85. The third-order valence-corrected chi connectivity index (χ3v) is 6.78. The molecule has 4 rings (SSSR count). The molecule has 4 nitrogen and oxygen atoms in total. The summed E-state index contributed by atoms with van der Waals surface area (Å²) in [5.74, 6) is 1.41. The van der Waals surface area contributed by atoms with Crippen LogP contribution in [0.4, 0.5) is 0 Å². The van der Waals surface area contributed by atoms with E-state index in [1.165, 1.54) is 15.3 Å². The molecule has 0 bridgehead atoms. The molecule has 0 saturated carbocycles. The van der Waals surface area contributed by atoms with E-state index in [4.69, 9.17) is 9.47 Å². The Hall–Kier alpha value is -2.57. The van der Waals surface area contributed by atoms with Crippen LogP contribution in [0.2, 0.25) is 0 Å². The Morgan fingerprint density at radius 2 is 1.89 bits per heavy atom. The SMILES string of the molecule is COc1cc(/C=C/C(=O)N2CCc3sccc3[C@@H]2c2cccs2)cc(OC)c1. The monoisotopic (exact) mass is 411 g/mol. The van der Waals surface area contributed by atoms with Crippen molar-refractivity contribution in [3.8, 4) is 11.5 Å². The lowest BCUT2D eigenvalue weighted by molar-refractivity contribution is -0.127. The average molecular weight is 412 g/mol. The van der Waals surface area contributed by atoms with Crippen LogP contribution >= 0.6 is 22.7 Å². The van der Waals surface area contributed by atoms with E-state index in [0.29, 0.717) is 11.5 Å². The van der Waals surface area contributed by atoms with Gasteiger partial charge < -0.3 is 14.4 Å². The second-order valence-electron chi connectivity index (χ2n) is 6.48. The molecule has 144 valence electrons. The number of rotatable bonds is 5. The molecule has 3 heterocycles. The number of hydrogen-bond donors (Lipinski definition) is 0. The molecule has 0 unspecified atom stereocenters. The quantitative estimate of drug-likeness (QED) is 0.554. The molecule has 3 aromatic rings. The van der Waals surface area contributed by atoms with Gasteiger partial charge in [0, 0.05) is 28.4 Å². The van der Waals surface area contributed by atoms with Crippen molar-refractivity contribution in [1.82, 2.24) is 4.90 Å². The zero-order valence-corrected chi connectivity index (χ0v) is 17.4. The van der Waals surface area contributed by atoms with Crippen LogP contribution in [0, 0.1) is 0 Å².